The van der Waals surface area contributed by atoms with Crippen LogP contribution in [-0.2, 0) is 9.47 Å². The fourth-order valence-corrected chi connectivity index (χ4v) is 2.26. The first-order chi connectivity index (χ1) is 10.2. The Morgan fingerprint density at radius 1 is 1.00 bits per heavy atom. The van der Waals surface area contributed by atoms with E-state index in [1.165, 1.54) is 0 Å². The molecule has 21 heavy (non-hydrogen) atoms. The van der Waals surface area contributed by atoms with Gasteiger partial charge in [-0.1, -0.05) is 6.92 Å². The van der Waals surface area contributed by atoms with Crippen LogP contribution in [0.3, 0.4) is 0 Å². The molecule has 0 radical (unpaired) electrons. The van der Waals surface area contributed by atoms with Crippen LogP contribution in [0, 0.1) is 3.57 Å². The van der Waals surface area contributed by atoms with Crippen molar-refractivity contribution >= 4 is 28.4 Å². The first-order valence-electron chi connectivity index (χ1n) is 6.74. The van der Waals surface area contributed by atoms with Crippen molar-refractivity contribution in [2.75, 3.05) is 40.6 Å². The van der Waals surface area contributed by atoms with Gasteiger partial charge in [-0.25, -0.2) is 0 Å². The molecule has 1 aromatic carbocycles. The van der Waals surface area contributed by atoms with Crippen LogP contribution in [0.15, 0.2) is 12.1 Å². The average molecular weight is 408 g/mol. The fraction of sp³-hybridized carbons (Fsp3) is 0.533. The average Bonchev–Trinajstić information content (AvgIpc) is 2.49. The summed E-state index contributed by atoms with van der Waals surface area (Å²) in [6.07, 6.45) is 0.415. The number of hydrogen-bond acceptors (Lipinski definition) is 5. The second-order valence-electron chi connectivity index (χ2n) is 4.21. The largest absolute Gasteiger partial charge is 0.486 e. The van der Waals surface area contributed by atoms with E-state index in [9.17, 15) is 4.79 Å². The Kier molecular flexibility index (Phi) is 8.63. The SMILES string of the molecule is CCC(=O)c1ccc(I)c(OCCOC)c1OCCOC. The van der Waals surface area contributed by atoms with Gasteiger partial charge in [-0.2, -0.15) is 0 Å². The number of rotatable bonds is 10. The van der Waals surface area contributed by atoms with Gasteiger partial charge < -0.3 is 18.9 Å². The van der Waals surface area contributed by atoms with E-state index in [0.717, 1.165) is 3.57 Å². The third-order valence-corrected chi connectivity index (χ3v) is 3.60. The Labute approximate surface area is 139 Å². The number of halogens is 1. The maximum Gasteiger partial charge on any atom is 0.175 e. The van der Waals surface area contributed by atoms with Crippen molar-refractivity contribution in [1.82, 2.24) is 0 Å². The Morgan fingerprint density at radius 2 is 1.57 bits per heavy atom. The first-order valence-corrected chi connectivity index (χ1v) is 7.82. The van der Waals surface area contributed by atoms with Gasteiger partial charge in [0.05, 0.1) is 22.3 Å². The fourth-order valence-electron chi connectivity index (χ4n) is 1.68. The monoisotopic (exact) mass is 408 g/mol. The highest BCUT2D eigenvalue weighted by Gasteiger charge is 2.19. The molecule has 0 atom stereocenters. The number of ketones is 1. The molecular weight excluding hydrogens is 387 g/mol. The first kappa shape index (κ1) is 18.2. The smallest absolute Gasteiger partial charge is 0.175 e. The quantitative estimate of drug-likeness (QED) is 0.339. The van der Waals surface area contributed by atoms with Gasteiger partial charge >= 0.3 is 0 Å². The van der Waals surface area contributed by atoms with Crippen molar-refractivity contribution in [3.63, 3.8) is 0 Å². The zero-order chi connectivity index (χ0) is 15.7. The Hall–Kier alpha value is -0.860. The van der Waals surface area contributed by atoms with E-state index in [1.807, 2.05) is 13.0 Å². The van der Waals surface area contributed by atoms with Crippen LogP contribution in [0.4, 0.5) is 0 Å². The molecule has 0 amide bonds. The zero-order valence-electron chi connectivity index (χ0n) is 12.6. The predicted octanol–water partition coefficient (Wildman–Crippen LogP) is 2.93. The molecule has 6 heteroatoms. The van der Waals surface area contributed by atoms with E-state index in [4.69, 9.17) is 18.9 Å². The van der Waals surface area contributed by atoms with Gasteiger partial charge in [-0.3, -0.25) is 4.79 Å². The van der Waals surface area contributed by atoms with Crippen LogP contribution in [-0.4, -0.2) is 46.4 Å². The van der Waals surface area contributed by atoms with Crippen molar-refractivity contribution in [3.8, 4) is 11.5 Å². The van der Waals surface area contributed by atoms with E-state index in [-0.39, 0.29) is 5.78 Å². The summed E-state index contributed by atoms with van der Waals surface area (Å²) in [7, 11) is 3.22. The van der Waals surface area contributed by atoms with Crippen LogP contribution in [0.2, 0.25) is 0 Å². The van der Waals surface area contributed by atoms with E-state index < -0.39 is 0 Å². The Balaban J connectivity index is 3.07. The summed E-state index contributed by atoms with van der Waals surface area (Å²) in [6.45, 7) is 3.51. The molecule has 1 rings (SSSR count). The molecule has 0 saturated carbocycles. The van der Waals surface area contributed by atoms with Gasteiger partial charge in [0.25, 0.3) is 0 Å². The maximum atomic E-state index is 12.1. The predicted molar refractivity (Wildman–Crippen MR) is 88.5 cm³/mol. The number of carbonyl (C=O) groups excluding carboxylic acids is 1. The lowest BCUT2D eigenvalue weighted by atomic mass is 10.1. The van der Waals surface area contributed by atoms with E-state index in [1.54, 1.807) is 20.3 Å². The molecule has 0 aliphatic carbocycles. The second-order valence-corrected chi connectivity index (χ2v) is 5.37. The molecule has 0 bridgehead atoms. The third kappa shape index (κ3) is 5.44. The Morgan fingerprint density at radius 3 is 2.10 bits per heavy atom. The Bertz CT molecular complexity index is 462. The zero-order valence-corrected chi connectivity index (χ0v) is 14.8. The molecule has 0 unspecified atom stereocenters. The summed E-state index contributed by atoms with van der Waals surface area (Å²) < 4.78 is 22.3. The van der Waals surface area contributed by atoms with Crippen LogP contribution in [0.5, 0.6) is 11.5 Å². The van der Waals surface area contributed by atoms with Crippen molar-refractivity contribution in [2.24, 2.45) is 0 Å². The van der Waals surface area contributed by atoms with Crippen molar-refractivity contribution in [2.45, 2.75) is 13.3 Å². The summed E-state index contributed by atoms with van der Waals surface area (Å²) in [6, 6.07) is 3.63. The molecule has 118 valence electrons. The van der Waals surface area contributed by atoms with Crippen LogP contribution < -0.4 is 9.47 Å². The van der Waals surface area contributed by atoms with E-state index in [0.29, 0.717) is 49.9 Å². The molecule has 0 aliphatic rings. The maximum absolute atomic E-state index is 12.1. The molecule has 0 fully saturated rings. The lowest BCUT2D eigenvalue weighted by molar-refractivity contribution is 0.0976. The molecule has 0 aromatic heterocycles. The number of Topliss-reactive ketones (excluding diaryl/α,β-unsaturated/α-hetero) is 1. The normalized spacial score (nSPS) is 10.5. The summed E-state index contributed by atoms with van der Waals surface area (Å²) in [5, 5.41) is 0. The summed E-state index contributed by atoms with van der Waals surface area (Å²) in [5.41, 5.74) is 0.543. The lowest BCUT2D eigenvalue weighted by Gasteiger charge is -2.17. The van der Waals surface area contributed by atoms with Gasteiger partial charge in [0, 0.05) is 20.6 Å². The molecule has 5 nitrogen and oxygen atoms in total. The highest BCUT2D eigenvalue weighted by atomic mass is 127. The summed E-state index contributed by atoms with van der Waals surface area (Å²) in [5.74, 6) is 1.10. The van der Waals surface area contributed by atoms with E-state index >= 15 is 0 Å². The number of hydrogen-bond donors (Lipinski definition) is 0. The van der Waals surface area contributed by atoms with Gasteiger partial charge in [0.15, 0.2) is 17.3 Å². The van der Waals surface area contributed by atoms with Crippen LogP contribution in [0.1, 0.15) is 23.7 Å². The molecule has 0 heterocycles. The molecule has 0 aliphatic heterocycles. The van der Waals surface area contributed by atoms with Crippen LogP contribution >= 0.6 is 22.6 Å². The van der Waals surface area contributed by atoms with Gasteiger partial charge in [-0.15, -0.1) is 0 Å². The van der Waals surface area contributed by atoms with Gasteiger partial charge in [0.2, 0.25) is 0 Å². The molecule has 0 spiro atoms. The minimum absolute atomic E-state index is 0.0235. The van der Waals surface area contributed by atoms with Crippen molar-refractivity contribution < 1.29 is 23.7 Å². The lowest BCUT2D eigenvalue weighted by Crippen LogP contribution is -2.12. The van der Waals surface area contributed by atoms with Gasteiger partial charge in [-0.05, 0) is 34.7 Å². The number of carbonyl (C=O) groups is 1. The molecule has 0 saturated heterocycles. The number of methoxy groups -OCH3 is 2. The topological polar surface area (TPSA) is 54.0 Å². The van der Waals surface area contributed by atoms with Crippen LogP contribution in [0.25, 0.3) is 0 Å². The van der Waals surface area contributed by atoms with Crippen molar-refractivity contribution in [1.29, 1.82) is 0 Å². The summed E-state index contributed by atoms with van der Waals surface area (Å²) >= 11 is 2.16. The third-order valence-electron chi connectivity index (χ3n) is 2.75. The molecule has 0 N–H and O–H groups in total. The minimum atomic E-state index is 0.0235. The minimum Gasteiger partial charge on any atom is -0.486 e. The highest BCUT2D eigenvalue weighted by molar-refractivity contribution is 14.1. The van der Waals surface area contributed by atoms with Crippen molar-refractivity contribution in [3.05, 3.63) is 21.3 Å². The standard InChI is InChI=1S/C15H21IO5/c1-4-13(17)11-5-6-12(16)15(21-10-8-19-3)14(11)20-9-7-18-2/h5-6H,4,7-10H2,1-3H3. The number of benzene rings is 1. The second kappa shape index (κ2) is 9.97. The number of ether oxygens (including phenoxy) is 4. The highest BCUT2D eigenvalue weighted by Crippen LogP contribution is 2.36. The summed E-state index contributed by atoms with van der Waals surface area (Å²) in [4.78, 5) is 12.1. The molecular formula is C15H21IO5. The van der Waals surface area contributed by atoms with E-state index in [2.05, 4.69) is 22.6 Å². The van der Waals surface area contributed by atoms with Gasteiger partial charge in [0.1, 0.15) is 13.2 Å². The molecule has 1 aromatic rings.